The molecule has 6 rings (SSSR count). The van der Waals surface area contributed by atoms with Gasteiger partial charge in [0, 0.05) is 43.8 Å². The van der Waals surface area contributed by atoms with E-state index in [9.17, 15) is 49.1 Å². The maximum absolute atomic E-state index is 14.6. The lowest BCUT2D eigenvalue weighted by Gasteiger charge is -2.27. The number of hydrogen-bond acceptors (Lipinski definition) is 10. The Bertz CT molecular complexity index is 2850. The van der Waals surface area contributed by atoms with E-state index in [1.54, 1.807) is 6.92 Å². The lowest BCUT2D eigenvalue weighted by molar-refractivity contribution is 0.122. The molecule has 16 nitrogen and oxygen atoms in total. The zero-order chi connectivity index (χ0) is 45.9. The number of halogens is 5. The second-order valence-corrected chi connectivity index (χ2v) is 18.9. The van der Waals surface area contributed by atoms with E-state index in [1.165, 1.54) is 55.6 Å². The molecule has 4 heterocycles. The molecule has 2 N–H and O–H groups in total. The van der Waals surface area contributed by atoms with Crippen molar-refractivity contribution in [1.29, 1.82) is 0 Å². The number of nitrogens with zero attached hydrogens (tertiary/aromatic N) is 8. The molecule has 0 atom stereocenters. The van der Waals surface area contributed by atoms with Crippen LogP contribution in [0.3, 0.4) is 0 Å². The summed E-state index contributed by atoms with van der Waals surface area (Å²) in [5.74, 6) is -4.96. The van der Waals surface area contributed by atoms with Crippen LogP contribution >= 0.6 is 11.6 Å². The van der Waals surface area contributed by atoms with Gasteiger partial charge in [0.1, 0.15) is 16.5 Å². The number of pyridine rings is 2. The van der Waals surface area contributed by atoms with Crippen LogP contribution in [-0.4, -0.2) is 92.2 Å². The summed E-state index contributed by atoms with van der Waals surface area (Å²) in [6.07, 6.45) is -0.321. The molecule has 62 heavy (non-hydrogen) atoms. The Kier molecular flexibility index (Phi) is 13.8. The third-order valence-corrected chi connectivity index (χ3v) is 12.2. The van der Waals surface area contributed by atoms with Crippen molar-refractivity contribution < 1.29 is 54.2 Å². The lowest BCUT2D eigenvalue weighted by atomic mass is 9.96. The topological polar surface area (TPSA) is 211 Å². The van der Waals surface area contributed by atoms with Gasteiger partial charge in [0.25, 0.3) is 0 Å². The first-order chi connectivity index (χ1) is 28.9. The second-order valence-electron chi connectivity index (χ2n) is 14.7. The normalized spacial score (nSPS) is 11.8. The average molecular weight is 921 g/mol. The minimum atomic E-state index is -4.31. The molecule has 0 aliphatic heterocycles. The Balaban J connectivity index is 0.000000236. The van der Waals surface area contributed by atoms with Crippen LogP contribution in [0.25, 0.3) is 11.4 Å². The summed E-state index contributed by atoms with van der Waals surface area (Å²) in [5.41, 5.74) is -0.591. The summed E-state index contributed by atoms with van der Waals surface area (Å²) in [6.45, 7) is 6.81. The van der Waals surface area contributed by atoms with Gasteiger partial charge in [-0.2, -0.15) is 10.2 Å². The monoisotopic (exact) mass is 920 g/mol. The molecule has 0 spiro atoms. The molecule has 0 saturated heterocycles. The molecule has 6 aromatic rings. The van der Waals surface area contributed by atoms with E-state index in [0.717, 1.165) is 55.8 Å². The first-order valence-corrected chi connectivity index (χ1v) is 21.3. The largest absolute Gasteiger partial charge is 0.465 e. The number of aromatic nitrogens is 6. The summed E-state index contributed by atoms with van der Waals surface area (Å²) < 4.78 is 111. The van der Waals surface area contributed by atoms with Crippen molar-refractivity contribution >= 4 is 43.5 Å². The van der Waals surface area contributed by atoms with Crippen LogP contribution in [-0.2, 0) is 32.8 Å². The number of carbonyl (C=O) groups is 2. The summed E-state index contributed by atoms with van der Waals surface area (Å²) in [6, 6.07) is 14.1. The number of benzene rings is 2. The fourth-order valence-corrected chi connectivity index (χ4v) is 8.45. The zero-order valence-corrected chi connectivity index (χ0v) is 35.7. The van der Waals surface area contributed by atoms with E-state index in [0.29, 0.717) is 5.69 Å². The average Bonchev–Trinajstić information content (AvgIpc) is 3.82. The van der Waals surface area contributed by atoms with Gasteiger partial charge in [0.05, 0.1) is 34.3 Å². The molecule has 2 amide bonds. The molecule has 0 radical (unpaired) electrons. The second kappa shape index (κ2) is 18.3. The first-order valence-electron chi connectivity index (χ1n) is 17.9. The molecule has 0 saturated carbocycles. The number of aryl methyl sites for hydroxylation is 1. The van der Waals surface area contributed by atoms with Gasteiger partial charge in [-0.3, -0.25) is 4.98 Å². The summed E-state index contributed by atoms with van der Waals surface area (Å²) >= 11 is 5.74. The molecule has 23 heteroatoms. The van der Waals surface area contributed by atoms with Gasteiger partial charge in [-0.1, -0.05) is 44.5 Å². The van der Waals surface area contributed by atoms with Gasteiger partial charge in [-0.25, -0.2) is 58.3 Å². The molecular formula is C39H37ClF4N8O8S2. The van der Waals surface area contributed by atoms with Crippen molar-refractivity contribution in [3.63, 3.8) is 0 Å². The van der Waals surface area contributed by atoms with Crippen molar-refractivity contribution in [1.82, 2.24) is 39.3 Å². The fourth-order valence-electron chi connectivity index (χ4n) is 5.66. The Morgan fingerprint density at radius 1 is 0.710 bits per heavy atom. The third kappa shape index (κ3) is 10.5. The van der Waals surface area contributed by atoms with Gasteiger partial charge in [-0.05, 0) is 60.9 Å². The highest BCUT2D eigenvalue weighted by molar-refractivity contribution is 7.91. The quantitative estimate of drug-likeness (QED) is 0.0965. The summed E-state index contributed by atoms with van der Waals surface area (Å²) in [5, 5.41) is 25.9. The minimum absolute atomic E-state index is 0.0332. The van der Waals surface area contributed by atoms with Crippen LogP contribution in [0, 0.1) is 35.6 Å². The predicted octanol–water partition coefficient (Wildman–Crippen LogP) is 7.35. The van der Waals surface area contributed by atoms with Gasteiger partial charge in [0.15, 0.2) is 33.3 Å². The van der Waals surface area contributed by atoms with E-state index in [1.807, 2.05) is 20.8 Å². The van der Waals surface area contributed by atoms with Crippen molar-refractivity contribution in [3.8, 4) is 11.4 Å². The van der Waals surface area contributed by atoms with Crippen molar-refractivity contribution in [3.05, 3.63) is 131 Å². The lowest BCUT2D eigenvalue weighted by Crippen LogP contribution is -2.36. The molecule has 0 bridgehead atoms. The van der Waals surface area contributed by atoms with Crippen LogP contribution < -0.4 is 0 Å². The van der Waals surface area contributed by atoms with Gasteiger partial charge in [0.2, 0.25) is 19.7 Å². The van der Waals surface area contributed by atoms with Crippen LogP contribution in [0.4, 0.5) is 27.2 Å². The standard InChI is InChI=1S/C21H21ClF2N4O4S.C18H16F2N4O4S/c1-21(2,3)12-27(20(29)30)11-13-9-18(33(31,32)14-7-8-17(22)25-10-14)28(26-13)16-6-4-5-15(23)19(16)24;1-11-6-7-13(9-21-11)29(27,28)16-8-12(10-23(2)18(25)26)22-24(16)15-5-3-4-14(19)17(15)20/h4-10H,11-12H2,1-3H3,(H,29,30);3-9H,10H2,1-2H3,(H,25,26). The molecule has 0 fully saturated rings. The van der Waals surface area contributed by atoms with Gasteiger partial charge in [-0.15, -0.1) is 0 Å². The van der Waals surface area contributed by atoms with Crippen molar-refractivity contribution in [2.75, 3.05) is 13.6 Å². The summed E-state index contributed by atoms with van der Waals surface area (Å²) in [4.78, 5) is 32.0. The molecule has 2 aromatic carbocycles. The van der Waals surface area contributed by atoms with E-state index in [2.05, 4.69) is 20.2 Å². The highest BCUT2D eigenvalue weighted by atomic mass is 35.5. The van der Waals surface area contributed by atoms with Crippen LogP contribution in [0.15, 0.2) is 105 Å². The smallest absolute Gasteiger partial charge is 0.407 e. The molecule has 4 aromatic heterocycles. The van der Waals surface area contributed by atoms with Crippen molar-refractivity contribution in [2.45, 2.75) is 60.6 Å². The maximum Gasteiger partial charge on any atom is 0.407 e. The Morgan fingerprint density at radius 2 is 1.18 bits per heavy atom. The predicted molar refractivity (Wildman–Crippen MR) is 213 cm³/mol. The number of hydrogen-bond donors (Lipinski definition) is 2. The van der Waals surface area contributed by atoms with Crippen LogP contribution in [0.2, 0.25) is 5.15 Å². The summed E-state index contributed by atoms with van der Waals surface area (Å²) in [7, 11) is -7.26. The highest BCUT2D eigenvalue weighted by Crippen LogP contribution is 2.29. The van der Waals surface area contributed by atoms with E-state index >= 15 is 0 Å². The molecule has 0 aliphatic carbocycles. The van der Waals surface area contributed by atoms with Gasteiger partial charge < -0.3 is 20.0 Å². The number of amides is 2. The van der Waals surface area contributed by atoms with E-state index in [-0.39, 0.29) is 51.4 Å². The maximum atomic E-state index is 14.6. The molecule has 328 valence electrons. The first kappa shape index (κ1) is 46.7. The van der Waals surface area contributed by atoms with Gasteiger partial charge >= 0.3 is 12.2 Å². The Hall–Kier alpha value is -6.39. The fraction of sp³-hybridized carbons (Fsp3) is 0.231. The number of carboxylic acid groups (broad SMARTS) is 2. The Labute approximate surface area is 357 Å². The SMILES string of the molecule is CC(C)(C)CN(Cc1cc(S(=O)(=O)c2ccc(Cl)nc2)n(-c2cccc(F)c2F)n1)C(=O)O.Cc1ccc(S(=O)(=O)c2cc(CN(C)C(=O)O)nn2-c2cccc(F)c2F)cn1. The van der Waals surface area contributed by atoms with Crippen LogP contribution in [0.5, 0.6) is 0 Å². The number of sulfone groups is 2. The van der Waals surface area contributed by atoms with Crippen LogP contribution in [0.1, 0.15) is 37.9 Å². The van der Waals surface area contributed by atoms with E-state index < -0.39 is 76.6 Å². The minimum Gasteiger partial charge on any atom is -0.465 e. The molecular weight excluding hydrogens is 884 g/mol. The van der Waals surface area contributed by atoms with Crippen molar-refractivity contribution in [2.24, 2.45) is 5.41 Å². The number of rotatable bonds is 11. The van der Waals surface area contributed by atoms with E-state index in [4.69, 9.17) is 16.7 Å². The Morgan fingerprint density at radius 3 is 1.58 bits per heavy atom. The highest BCUT2D eigenvalue weighted by Gasteiger charge is 2.30. The molecule has 0 aliphatic rings. The zero-order valence-electron chi connectivity index (χ0n) is 33.3. The molecule has 0 unspecified atom stereocenters. The third-order valence-electron chi connectivity index (χ3n) is 8.54.